The molecule has 0 radical (unpaired) electrons. The Morgan fingerprint density at radius 2 is 1.18 bits per heavy atom. The average Bonchev–Trinajstić information content (AvgIpc) is 2.35. The Bertz CT molecular complexity index is 124. The highest BCUT2D eigenvalue weighted by atomic mass is 32.2. The van der Waals surface area contributed by atoms with E-state index < -0.39 is 0 Å². The maximum atomic E-state index is 8.44. The van der Waals surface area contributed by atoms with Crippen molar-refractivity contribution in [1.82, 2.24) is 0 Å². The minimum Gasteiger partial charge on any atom is -0.394 e. The van der Waals surface area contributed by atoms with Crippen molar-refractivity contribution in [1.29, 1.82) is 0 Å². The minimum atomic E-state index is 0.0398. The van der Waals surface area contributed by atoms with Gasteiger partial charge in [-0.25, -0.2) is 0 Å². The fourth-order valence-corrected chi connectivity index (χ4v) is 1.35. The van der Waals surface area contributed by atoms with Crippen LogP contribution in [0.4, 0.5) is 0 Å². The highest BCUT2D eigenvalue weighted by Gasteiger charge is 1.93. The molecule has 2 N–H and O–H groups in total. The lowest BCUT2D eigenvalue weighted by Gasteiger charge is -2.05. The van der Waals surface area contributed by atoms with Crippen LogP contribution in [0.15, 0.2) is 0 Å². The van der Waals surface area contributed by atoms with E-state index in [1.807, 2.05) is 0 Å². The number of rotatable bonds is 14. The lowest BCUT2D eigenvalue weighted by molar-refractivity contribution is 0.0263. The molecule has 0 saturated carbocycles. The normalized spacial score (nSPS) is 10.9. The zero-order valence-corrected chi connectivity index (χ0v) is 10.8. The molecule has 0 aromatic rings. The van der Waals surface area contributed by atoms with Crippen molar-refractivity contribution in [2.45, 2.75) is 0 Å². The van der Waals surface area contributed by atoms with Gasteiger partial charge in [0.25, 0.3) is 0 Å². The number of hydrogen-bond acceptors (Lipinski definition) is 7. The van der Waals surface area contributed by atoms with Gasteiger partial charge in [0.2, 0.25) is 0 Å². The fourth-order valence-electron chi connectivity index (χ4n) is 0.857. The van der Waals surface area contributed by atoms with E-state index in [1.54, 1.807) is 0 Å². The van der Waals surface area contributed by atoms with Crippen LogP contribution in [0, 0.1) is 0 Å². The van der Waals surface area contributed by atoms with E-state index in [9.17, 15) is 0 Å². The van der Waals surface area contributed by atoms with Crippen LogP contribution < -0.4 is 0 Å². The number of aliphatic hydroxyl groups excluding tert-OH is 2. The van der Waals surface area contributed by atoms with Crippen LogP contribution in [0.3, 0.4) is 0 Å². The summed E-state index contributed by atoms with van der Waals surface area (Å²) in [4.78, 5) is 0. The molecule has 0 aromatic heterocycles. The van der Waals surface area contributed by atoms with Gasteiger partial charge in [-0.05, 0) is 12.0 Å². The van der Waals surface area contributed by atoms with Gasteiger partial charge in [-0.3, -0.25) is 0 Å². The summed E-state index contributed by atoms with van der Waals surface area (Å²) < 4.78 is 20.5. The summed E-state index contributed by atoms with van der Waals surface area (Å²) >= 11 is 1.32. The summed E-state index contributed by atoms with van der Waals surface area (Å²) in [5.74, 6) is 0.736. The zero-order valence-electron chi connectivity index (χ0n) is 10.0. The maximum Gasteiger partial charge on any atom is 0.0847 e. The van der Waals surface area contributed by atoms with E-state index in [1.165, 1.54) is 12.0 Å². The molecule has 0 atom stereocenters. The molecule has 0 bridgehead atoms. The molecule has 0 amide bonds. The van der Waals surface area contributed by atoms with Crippen LogP contribution in [0.25, 0.3) is 0 Å². The van der Waals surface area contributed by atoms with Crippen molar-refractivity contribution < 1.29 is 28.6 Å². The highest BCUT2D eigenvalue weighted by Crippen LogP contribution is 2.01. The first-order chi connectivity index (χ1) is 8.41. The van der Waals surface area contributed by atoms with Crippen LogP contribution >= 0.6 is 12.0 Å². The second-order valence-corrected chi connectivity index (χ2v) is 3.81. The lowest BCUT2D eigenvalue weighted by atomic mass is 10.7. The minimum absolute atomic E-state index is 0.0398. The molecule has 0 spiro atoms. The third kappa shape index (κ3) is 16.1. The van der Waals surface area contributed by atoms with Crippen molar-refractivity contribution in [2.75, 3.05) is 65.2 Å². The van der Waals surface area contributed by atoms with Crippen LogP contribution in [0.1, 0.15) is 0 Å². The first-order valence-corrected chi connectivity index (χ1v) is 6.52. The largest absolute Gasteiger partial charge is 0.394 e. The van der Waals surface area contributed by atoms with Crippen LogP contribution in [-0.4, -0.2) is 75.4 Å². The van der Waals surface area contributed by atoms with Crippen molar-refractivity contribution in [3.8, 4) is 0 Å². The standard InChI is InChI=1S/C10H22O6S/c11-1-3-13-5-6-15-7-8-16-17-10-9-14-4-2-12/h11-12H,1-10H2. The van der Waals surface area contributed by atoms with Gasteiger partial charge in [-0.1, -0.05) is 0 Å². The van der Waals surface area contributed by atoms with Gasteiger partial charge >= 0.3 is 0 Å². The Balaban J connectivity index is 2.85. The monoisotopic (exact) mass is 270 g/mol. The highest BCUT2D eigenvalue weighted by molar-refractivity contribution is 7.94. The number of ether oxygens (including phenoxy) is 3. The number of hydrogen-bond donors (Lipinski definition) is 2. The van der Waals surface area contributed by atoms with Gasteiger partial charge in [-0.2, -0.15) is 0 Å². The first-order valence-electron chi connectivity index (χ1n) is 5.61. The van der Waals surface area contributed by atoms with Gasteiger partial charge in [-0.15, -0.1) is 0 Å². The summed E-state index contributed by atoms with van der Waals surface area (Å²) in [7, 11) is 0. The zero-order chi connectivity index (χ0) is 12.6. The lowest BCUT2D eigenvalue weighted by Crippen LogP contribution is -2.10. The van der Waals surface area contributed by atoms with Gasteiger partial charge in [0.05, 0.1) is 59.5 Å². The average molecular weight is 270 g/mol. The molecule has 17 heavy (non-hydrogen) atoms. The van der Waals surface area contributed by atoms with Crippen molar-refractivity contribution in [3.63, 3.8) is 0 Å². The van der Waals surface area contributed by atoms with Gasteiger partial charge in [0, 0.05) is 5.75 Å². The second-order valence-electron chi connectivity index (χ2n) is 2.93. The van der Waals surface area contributed by atoms with Crippen LogP contribution in [0.5, 0.6) is 0 Å². The molecular weight excluding hydrogens is 248 g/mol. The quantitative estimate of drug-likeness (QED) is 0.331. The second kappa shape index (κ2) is 16.1. The van der Waals surface area contributed by atoms with E-state index in [2.05, 4.69) is 0 Å². The summed E-state index contributed by atoms with van der Waals surface area (Å²) in [6, 6.07) is 0. The van der Waals surface area contributed by atoms with E-state index in [4.69, 9.17) is 28.6 Å². The van der Waals surface area contributed by atoms with Gasteiger partial charge < -0.3 is 28.6 Å². The van der Waals surface area contributed by atoms with E-state index in [0.717, 1.165) is 5.75 Å². The molecule has 0 saturated heterocycles. The van der Waals surface area contributed by atoms with E-state index in [0.29, 0.717) is 46.2 Å². The SMILES string of the molecule is OCCOCCOCCOSCCOCCO. The Morgan fingerprint density at radius 3 is 1.82 bits per heavy atom. The van der Waals surface area contributed by atoms with E-state index in [-0.39, 0.29) is 13.2 Å². The Labute approximate surface area is 106 Å². The van der Waals surface area contributed by atoms with Crippen molar-refractivity contribution in [2.24, 2.45) is 0 Å². The summed E-state index contributed by atoms with van der Waals surface area (Å²) in [5.41, 5.74) is 0. The predicted octanol–water partition coefficient (Wildman–Crippen LogP) is -0.314. The molecule has 0 aliphatic rings. The fraction of sp³-hybridized carbons (Fsp3) is 1.00. The molecule has 0 fully saturated rings. The smallest absolute Gasteiger partial charge is 0.0847 e. The molecule has 6 nitrogen and oxygen atoms in total. The molecule has 7 heteroatoms. The molecule has 104 valence electrons. The van der Waals surface area contributed by atoms with Gasteiger partial charge in [0.1, 0.15) is 0 Å². The molecular formula is C10H22O6S. The van der Waals surface area contributed by atoms with Crippen LogP contribution in [-0.2, 0) is 18.4 Å². The predicted molar refractivity (Wildman–Crippen MR) is 65.0 cm³/mol. The molecule has 0 unspecified atom stereocenters. The molecule has 0 aliphatic heterocycles. The van der Waals surface area contributed by atoms with Gasteiger partial charge in [0.15, 0.2) is 0 Å². The Hall–Kier alpha value is 0.110. The third-order valence-corrected chi connectivity index (χ3v) is 2.22. The maximum absolute atomic E-state index is 8.44. The molecule has 0 heterocycles. The number of aliphatic hydroxyl groups is 2. The van der Waals surface area contributed by atoms with Crippen LogP contribution in [0.2, 0.25) is 0 Å². The molecule has 0 aromatic carbocycles. The third-order valence-electron chi connectivity index (χ3n) is 1.55. The topological polar surface area (TPSA) is 77.4 Å². The van der Waals surface area contributed by atoms with E-state index >= 15 is 0 Å². The Kier molecular flexibility index (Phi) is 16.2. The summed E-state index contributed by atoms with van der Waals surface area (Å²) in [6.45, 7) is 3.42. The summed E-state index contributed by atoms with van der Waals surface area (Å²) in [6.07, 6.45) is 0. The van der Waals surface area contributed by atoms with Crippen molar-refractivity contribution >= 4 is 12.0 Å². The Morgan fingerprint density at radius 1 is 0.647 bits per heavy atom. The first kappa shape index (κ1) is 17.1. The molecule has 0 aliphatic carbocycles. The van der Waals surface area contributed by atoms with Crippen molar-refractivity contribution in [3.05, 3.63) is 0 Å². The molecule has 0 rings (SSSR count). The summed E-state index contributed by atoms with van der Waals surface area (Å²) in [5, 5.41) is 16.9.